The van der Waals surface area contributed by atoms with E-state index >= 15 is 0 Å². The Bertz CT molecular complexity index is 572. The van der Waals surface area contributed by atoms with Gasteiger partial charge in [-0.1, -0.05) is 12.1 Å². The Morgan fingerprint density at radius 1 is 1.22 bits per heavy atom. The molecule has 126 valence electrons. The Balaban J connectivity index is 1.74. The average molecular weight is 331 g/mol. The number of hydrogen-bond acceptors (Lipinski definition) is 2. The van der Waals surface area contributed by atoms with Crippen LogP contribution in [0.5, 0.6) is 0 Å². The summed E-state index contributed by atoms with van der Waals surface area (Å²) in [5.41, 5.74) is 0.466. The lowest BCUT2D eigenvalue weighted by Gasteiger charge is -2.29. The van der Waals surface area contributed by atoms with Gasteiger partial charge in [0.2, 0.25) is 5.91 Å². The van der Waals surface area contributed by atoms with Crippen molar-refractivity contribution in [3.63, 3.8) is 0 Å². The molecule has 2 fully saturated rings. The first-order chi connectivity index (χ1) is 10.8. The van der Waals surface area contributed by atoms with Crippen LogP contribution in [0.15, 0.2) is 24.3 Å². The predicted octanol–water partition coefficient (Wildman–Crippen LogP) is 3.28. The molecule has 1 amide bonds. The molecule has 0 aliphatic carbocycles. The van der Waals surface area contributed by atoms with Gasteiger partial charge in [0.15, 0.2) is 0 Å². The van der Waals surface area contributed by atoms with Crippen molar-refractivity contribution in [3.05, 3.63) is 35.6 Å². The number of rotatable bonds is 4. The van der Waals surface area contributed by atoms with Crippen molar-refractivity contribution < 1.29 is 27.1 Å². The summed E-state index contributed by atoms with van der Waals surface area (Å²) in [4.78, 5) is 13.4. The van der Waals surface area contributed by atoms with Crippen LogP contribution in [0.2, 0.25) is 0 Å². The second-order valence-corrected chi connectivity index (χ2v) is 6.15. The summed E-state index contributed by atoms with van der Waals surface area (Å²) >= 11 is 0. The molecule has 2 bridgehead atoms. The second kappa shape index (κ2) is 6.11. The fraction of sp³-hybridized carbons (Fsp3) is 0.562. The van der Waals surface area contributed by atoms with Crippen LogP contribution in [-0.4, -0.2) is 35.7 Å². The van der Waals surface area contributed by atoms with Crippen molar-refractivity contribution >= 4 is 5.91 Å². The summed E-state index contributed by atoms with van der Waals surface area (Å²) in [6, 6.07) is 5.13. The molecule has 3 rings (SSSR count). The van der Waals surface area contributed by atoms with Crippen molar-refractivity contribution in [2.45, 2.75) is 44.2 Å². The number of nitrogens with zero attached hydrogens (tertiary/aromatic N) is 1. The minimum atomic E-state index is -4.48. The van der Waals surface area contributed by atoms with Crippen LogP contribution >= 0.6 is 0 Å². The molecule has 7 heteroatoms. The molecular weight excluding hydrogens is 314 g/mol. The van der Waals surface area contributed by atoms with Gasteiger partial charge in [-0.3, -0.25) is 4.79 Å². The third kappa shape index (κ3) is 3.83. The summed E-state index contributed by atoms with van der Waals surface area (Å²) in [6.45, 7) is -1.50. The number of carbonyl (C=O) groups is 1. The summed E-state index contributed by atoms with van der Waals surface area (Å²) in [6.07, 6.45) is -2.68. The lowest BCUT2D eigenvalue weighted by molar-refractivity contribution is -0.166. The molecule has 1 aromatic carbocycles. The van der Waals surface area contributed by atoms with Gasteiger partial charge in [0.05, 0.1) is 18.1 Å². The number of hydrogen-bond donors (Lipinski definition) is 0. The predicted molar refractivity (Wildman–Crippen MR) is 73.9 cm³/mol. The molecule has 3 atom stereocenters. The van der Waals surface area contributed by atoms with Gasteiger partial charge in [0.1, 0.15) is 12.4 Å². The molecule has 23 heavy (non-hydrogen) atoms. The third-order valence-corrected chi connectivity index (χ3v) is 4.39. The third-order valence-electron chi connectivity index (χ3n) is 4.39. The Hall–Kier alpha value is -1.63. The lowest BCUT2D eigenvalue weighted by Crippen LogP contribution is -2.44. The molecule has 2 aliphatic rings. The van der Waals surface area contributed by atoms with Crippen molar-refractivity contribution in [1.29, 1.82) is 0 Å². The maximum absolute atomic E-state index is 12.9. The highest BCUT2D eigenvalue weighted by molar-refractivity contribution is 5.80. The van der Waals surface area contributed by atoms with Gasteiger partial charge >= 0.3 is 6.18 Å². The molecule has 1 aromatic rings. The fourth-order valence-electron chi connectivity index (χ4n) is 3.37. The molecule has 0 aromatic heterocycles. The quantitative estimate of drug-likeness (QED) is 0.793. The minimum absolute atomic E-state index is 0.00694. The summed E-state index contributed by atoms with van der Waals surface area (Å²) < 4.78 is 57.0. The van der Waals surface area contributed by atoms with Gasteiger partial charge in [0, 0.05) is 6.54 Å². The number of alkyl halides is 3. The van der Waals surface area contributed by atoms with Crippen molar-refractivity contribution in [3.8, 4) is 0 Å². The number of ether oxygens (including phenoxy) is 1. The van der Waals surface area contributed by atoms with Gasteiger partial charge in [-0.25, -0.2) is 4.39 Å². The highest BCUT2D eigenvalue weighted by Crippen LogP contribution is 2.40. The summed E-state index contributed by atoms with van der Waals surface area (Å²) in [5, 5.41) is 0. The number of fused-ring (bicyclic) bond motifs is 2. The lowest BCUT2D eigenvalue weighted by atomic mass is 9.88. The Labute approximate surface area is 131 Å². The molecule has 2 heterocycles. The van der Waals surface area contributed by atoms with Crippen molar-refractivity contribution in [2.24, 2.45) is 5.92 Å². The zero-order valence-corrected chi connectivity index (χ0v) is 12.4. The molecule has 0 saturated carbocycles. The average Bonchev–Trinajstić information content (AvgIpc) is 3.09. The number of amides is 1. The van der Waals surface area contributed by atoms with Crippen LogP contribution in [0, 0.1) is 11.7 Å². The van der Waals surface area contributed by atoms with Gasteiger partial charge in [-0.2, -0.15) is 13.2 Å². The van der Waals surface area contributed by atoms with Crippen LogP contribution in [-0.2, 0) is 16.1 Å². The van der Waals surface area contributed by atoms with E-state index in [-0.39, 0.29) is 18.8 Å². The van der Waals surface area contributed by atoms with E-state index in [9.17, 15) is 22.4 Å². The van der Waals surface area contributed by atoms with E-state index in [0.29, 0.717) is 12.0 Å². The Kier molecular flexibility index (Phi) is 4.31. The van der Waals surface area contributed by atoms with E-state index in [1.165, 1.54) is 24.3 Å². The van der Waals surface area contributed by atoms with Crippen LogP contribution < -0.4 is 0 Å². The molecule has 3 unspecified atom stereocenters. The number of benzene rings is 1. The molecule has 2 aliphatic heterocycles. The maximum Gasteiger partial charge on any atom is 0.406 e. The topological polar surface area (TPSA) is 29.5 Å². The van der Waals surface area contributed by atoms with Gasteiger partial charge < -0.3 is 9.64 Å². The van der Waals surface area contributed by atoms with E-state index in [1.54, 1.807) is 0 Å². The van der Waals surface area contributed by atoms with Crippen molar-refractivity contribution in [2.75, 3.05) is 6.54 Å². The standard InChI is InChI=1S/C16H17F4NO2/c17-11-3-1-10(2-4-11)8-21(9-16(18,19)20)15(22)13-7-12-5-6-14(13)23-12/h1-4,12-14H,5-9H2. The van der Waals surface area contributed by atoms with Crippen LogP contribution in [0.4, 0.5) is 17.6 Å². The molecule has 0 spiro atoms. The normalized spacial score (nSPS) is 26.5. The van der Waals surface area contributed by atoms with Crippen LogP contribution in [0.1, 0.15) is 24.8 Å². The van der Waals surface area contributed by atoms with Gasteiger partial charge in [-0.15, -0.1) is 0 Å². The summed E-state index contributed by atoms with van der Waals surface area (Å²) in [7, 11) is 0. The van der Waals surface area contributed by atoms with Crippen molar-refractivity contribution in [1.82, 2.24) is 4.90 Å². The Morgan fingerprint density at radius 3 is 2.43 bits per heavy atom. The zero-order chi connectivity index (χ0) is 16.6. The fourth-order valence-corrected chi connectivity index (χ4v) is 3.37. The first-order valence-electron chi connectivity index (χ1n) is 7.57. The monoisotopic (exact) mass is 331 g/mol. The zero-order valence-electron chi connectivity index (χ0n) is 12.4. The number of carbonyl (C=O) groups excluding carboxylic acids is 1. The first-order valence-corrected chi connectivity index (χ1v) is 7.57. The molecular formula is C16H17F4NO2. The molecule has 3 nitrogen and oxygen atoms in total. The highest BCUT2D eigenvalue weighted by Gasteiger charge is 2.47. The van der Waals surface area contributed by atoms with Crippen LogP contribution in [0.3, 0.4) is 0 Å². The van der Waals surface area contributed by atoms with Crippen LogP contribution in [0.25, 0.3) is 0 Å². The largest absolute Gasteiger partial charge is 0.406 e. The van der Waals surface area contributed by atoms with Gasteiger partial charge in [-0.05, 0) is 37.0 Å². The maximum atomic E-state index is 12.9. The molecule has 0 radical (unpaired) electrons. The summed E-state index contributed by atoms with van der Waals surface area (Å²) in [5.74, 6) is -1.50. The highest BCUT2D eigenvalue weighted by atomic mass is 19.4. The smallest absolute Gasteiger partial charge is 0.374 e. The van der Waals surface area contributed by atoms with E-state index in [4.69, 9.17) is 4.74 Å². The first kappa shape index (κ1) is 16.2. The minimum Gasteiger partial charge on any atom is -0.374 e. The second-order valence-electron chi connectivity index (χ2n) is 6.15. The van der Waals surface area contributed by atoms with E-state index in [0.717, 1.165) is 17.7 Å². The SMILES string of the molecule is O=C(C1CC2CCC1O2)N(Cc1ccc(F)cc1)CC(F)(F)F. The Morgan fingerprint density at radius 2 is 1.91 bits per heavy atom. The molecule has 0 N–H and O–H groups in total. The molecule has 2 saturated heterocycles. The number of halogens is 4. The van der Waals surface area contributed by atoms with E-state index < -0.39 is 30.4 Å². The van der Waals surface area contributed by atoms with Gasteiger partial charge in [0.25, 0.3) is 0 Å². The van der Waals surface area contributed by atoms with E-state index in [2.05, 4.69) is 0 Å². The van der Waals surface area contributed by atoms with E-state index in [1.807, 2.05) is 0 Å².